The molecule has 5 nitrogen and oxygen atoms in total. The van der Waals surface area contributed by atoms with Crippen LogP contribution in [0.3, 0.4) is 0 Å². The summed E-state index contributed by atoms with van der Waals surface area (Å²) in [5.74, 6) is 6.33. The zero-order valence-electron chi connectivity index (χ0n) is 11.3. The van der Waals surface area contributed by atoms with Crippen molar-refractivity contribution < 1.29 is 13.2 Å². The van der Waals surface area contributed by atoms with Crippen LogP contribution >= 0.6 is 11.6 Å². The number of sulfone groups is 1. The van der Waals surface area contributed by atoms with Gasteiger partial charge in [0.05, 0.1) is 29.2 Å². The third-order valence-corrected chi connectivity index (χ3v) is 6.31. The van der Waals surface area contributed by atoms with E-state index in [0.29, 0.717) is 17.2 Å². The lowest BCUT2D eigenvalue weighted by atomic mass is 10.00. The molecule has 0 saturated carbocycles. The Morgan fingerprint density at radius 3 is 2.80 bits per heavy atom. The van der Waals surface area contributed by atoms with Crippen LogP contribution < -0.4 is 16.0 Å². The molecule has 1 heterocycles. The van der Waals surface area contributed by atoms with Crippen LogP contribution in [0.2, 0.25) is 5.02 Å². The molecule has 1 aliphatic heterocycles. The lowest BCUT2D eigenvalue weighted by Gasteiger charge is -2.30. The summed E-state index contributed by atoms with van der Waals surface area (Å²) in [4.78, 5) is 0. The quantitative estimate of drug-likeness (QED) is 0.653. The Balaban J connectivity index is 2.37. The lowest BCUT2D eigenvalue weighted by Crippen LogP contribution is -2.43. The fraction of sp³-hybridized carbons (Fsp3) is 0.538. The van der Waals surface area contributed by atoms with Gasteiger partial charge in [0.15, 0.2) is 9.84 Å². The average molecular weight is 319 g/mol. The standard InChI is InChI=1S/C13H19ClN2O3S/c1-19-11-8-9(5-6-10(11)14)13(16-15)12-4-2-3-7-20(12,17)18/h5-6,8,12-13,16H,2-4,7,15H2,1H3. The van der Waals surface area contributed by atoms with Gasteiger partial charge in [0.1, 0.15) is 5.75 Å². The summed E-state index contributed by atoms with van der Waals surface area (Å²) in [5, 5.41) is -0.0225. The highest BCUT2D eigenvalue weighted by molar-refractivity contribution is 7.92. The van der Waals surface area contributed by atoms with Gasteiger partial charge in [-0.2, -0.15) is 0 Å². The van der Waals surface area contributed by atoms with Gasteiger partial charge >= 0.3 is 0 Å². The number of halogens is 1. The molecule has 112 valence electrons. The number of methoxy groups -OCH3 is 1. The van der Waals surface area contributed by atoms with Crippen LogP contribution in [0.1, 0.15) is 30.9 Å². The molecular formula is C13H19ClN2O3S. The van der Waals surface area contributed by atoms with Crippen molar-refractivity contribution >= 4 is 21.4 Å². The summed E-state index contributed by atoms with van der Waals surface area (Å²) < 4.78 is 29.6. The first-order chi connectivity index (χ1) is 9.49. The van der Waals surface area contributed by atoms with Gasteiger partial charge in [-0.05, 0) is 30.5 Å². The number of rotatable bonds is 4. The fourth-order valence-corrected chi connectivity index (χ4v) is 4.92. The topological polar surface area (TPSA) is 81.4 Å². The number of benzene rings is 1. The number of nitrogens with one attached hydrogen (secondary N) is 1. The molecule has 3 N–H and O–H groups in total. The first kappa shape index (κ1) is 15.6. The maximum atomic E-state index is 12.2. The minimum absolute atomic E-state index is 0.223. The monoisotopic (exact) mass is 318 g/mol. The summed E-state index contributed by atoms with van der Waals surface area (Å²) in [6.45, 7) is 0. The largest absolute Gasteiger partial charge is 0.495 e. The number of hydrogen-bond acceptors (Lipinski definition) is 5. The molecule has 20 heavy (non-hydrogen) atoms. The molecule has 0 bridgehead atoms. The molecule has 0 spiro atoms. The Morgan fingerprint density at radius 2 is 2.20 bits per heavy atom. The van der Waals surface area contributed by atoms with E-state index in [1.54, 1.807) is 18.2 Å². The highest BCUT2D eigenvalue weighted by atomic mass is 35.5. The molecule has 1 aliphatic rings. The zero-order valence-corrected chi connectivity index (χ0v) is 12.9. The molecule has 0 amide bonds. The summed E-state index contributed by atoms with van der Waals surface area (Å²) in [5.41, 5.74) is 3.40. The molecule has 2 atom stereocenters. The first-order valence-electron chi connectivity index (χ1n) is 6.50. The van der Waals surface area contributed by atoms with Crippen LogP contribution in [0.15, 0.2) is 18.2 Å². The second-order valence-electron chi connectivity index (χ2n) is 4.94. The summed E-state index contributed by atoms with van der Waals surface area (Å²) in [6.07, 6.45) is 2.23. The van der Waals surface area contributed by atoms with Crippen LogP contribution in [0.4, 0.5) is 0 Å². The van der Waals surface area contributed by atoms with Crippen molar-refractivity contribution in [1.82, 2.24) is 5.43 Å². The zero-order chi connectivity index (χ0) is 14.8. The second kappa shape index (κ2) is 6.30. The molecule has 0 aliphatic carbocycles. The van der Waals surface area contributed by atoms with Crippen molar-refractivity contribution in [3.8, 4) is 5.75 Å². The normalized spacial score (nSPS) is 23.2. The van der Waals surface area contributed by atoms with E-state index in [9.17, 15) is 8.42 Å². The smallest absolute Gasteiger partial charge is 0.155 e. The average Bonchev–Trinajstić information content (AvgIpc) is 2.42. The maximum absolute atomic E-state index is 12.2. The van der Waals surface area contributed by atoms with Crippen molar-refractivity contribution in [2.24, 2.45) is 5.84 Å². The van der Waals surface area contributed by atoms with Crippen LogP contribution in [0.25, 0.3) is 0 Å². The van der Waals surface area contributed by atoms with E-state index in [4.69, 9.17) is 22.2 Å². The molecule has 2 unspecified atom stereocenters. The molecule has 1 aromatic rings. The van der Waals surface area contributed by atoms with Crippen molar-refractivity contribution in [2.75, 3.05) is 12.9 Å². The highest BCUT2D eigenvalue weighted by Crippen LogP contribution is 2.34. The molecule has 7 heteroatoms. The van der Waals surface area contributed by atoms with Crippen LogP contribution in [0, 0.1) is 0 Å². The van der Waals surface area contributed by atoms with Gasteiger partial charge in [-0.25, -0.2) is 8.42 Å². The van der Waals surface area contributed by atoms with Crippen molar-refractivity contribution in [2.45, 2.75) is 30.6 Å². The summed E-state index contributed by atoms with van der Waals surface area (Å²) >= 11 is 5.99. The Morgan fingerprint density at radius 1 is 1.45 bits per heavy atom. The van der Waals surface area contributed by atoms with Gasteiger partial charge in [-0.15, -0.1) is 0 Å². The summed E-state index contributed by atoms with van der Waals surface area (Å²) in [7, 11) is -1.61. The van der Waals surface area contributed by atoms with Gasteiger partial charge in [-0.1, -0.05) is 24.1 Å². The Labute approximate surface area is 124 Å². The van der Waals surface area contributed by atoms with Crippen LogP contribution in [-0.4, -0.2) is 26.5 Å². The van der Waals surface area contributed by atoms with E-state index in [-0.39, 0.29) is 5.75 Å². The number of hydrogen-bond donors (Lipinski definition) is 2. The Kier molecular flexibility index (Phi) is 4.90. The number of hydrazine groups is 1. The molecule has 1 saturated heterocycles. The van der Waals surface area contributed by atoms with E-state index in [1.165, 1.54) is 7.11 Å². The first-order valence-corrected chi connectivity index (χ1v) is 8.60. The van der Waals surface area contributed by atoms with E-state index < -0.39 is 21.1 Å². The fourth-order valence-electron chi connectivity index (χ4n) is 2.64. The van der Waals surface area contributed by atoms with Gasteiger partial charge in [-0.3, -0.25) is 11.3 Å². The van der Waals surface area contributed by atoms with E-state index in [1.807, 2.05) is 0 Å². The van der Waals surface area contributed by atoms with Crippen LogP contribution in [0.5, 0.6) is 5.75 Å². The Bertz CT molecular complexity index is 577. The van der Waals surface area contributed by atoms with E-state index in [0.717, 1.165) is 18.4 Å². The van der Waals surface area contributed by atoms with Gasteiger partial charge in [0.25, 0.3) is 0 Å². The molecule has 2 rings (SSSR count). The van der Waals surface area contributed by atoms with Gasteiger partial charge in [0.2, 0.25) is 0 Å². The molecule has 0 aromatic heterocycles. The van der Waals surface area contributed by atoms with Crippen molar-refractivity contribution in [1.29, 1.82) is 0 Å². The minimum atomic E-state index is -3.13. The van der Waals surface area contributed by atoms with E-state index >= 15 is 0 Å². The predicted molar refractivity (Wildman–Crippen MR) is 79.5 cm³/mol. The molecular weight excluding hydrogens is 300 g/mol. The molecule has 1 aromatic carbocycles. The lowest BCUT2D eigenvalue weighted by molar-refractivity contribution is 0.411. The molecule has 0 radical (unpaired) electrons. The predicted octanol–water partition coefficient (Wildman–Crippen LogP) is 1.82. The Hall–Kier alpha value is -0.820. The molecule has 1 fully saturated rings. The highest BCUT2D eigenvalue weighted by Gasteiger charge is 2.36. The van der Waals surface area contributed by atoms with Gasteiger partial charge < -0.3 is 4.74 Å². The van der Waals surface area contributed by atoms with Gasteiger partial charge in [0, 0.05) is 0 Å². The maximum Gasteiger partial charge on any atom is 0.155 e. The van der Waals surface area contributed by atoms with Crippen LogP contribution in [-0.2, 0) is 9.84 Å². The van der Waals surface area contributed by atoms with E-state index in [2.05, 4.69) is 5.43 Å². The number of nitrogens with two attached hydrogens (primary N) is 1. The third-order valence-electron chi connectivity index (χ3n) is 3.71. The summed E-state index contributed by atoms with van der Waals surface area (Å²) in [6, 6.07) is 4.75. The van der Waals surface area contributed by atoms with Crippen molar-refractivity contribution in [3.05, 3.63) is 28.8 Å². The van der Waals surface area contributed by atoms with Crippen molar-refractivity contribution in [3.63, 3.8) is 0 Å². The minimum Gasteiger partial charge on any atom is -0.495 e. The SMILES string of the molecule is COc1cc(C(NN)C2CCCCS2(=O)=O)ccc1Cl. The third kappa shape index (κ3) is 3.09. The second-order valence-corrected chi connectivity index (χ2v) is 7.69. The number of ether oxygens (including phenoxy) is 1.